The first-order chi connectivity index (χ1) is 20.3. The molecule has 0 fully saturated rings. The fourth-order valence-electron chi connectivity index (χ4n) is 4.79. The summed E-state index contributed by atoms with van der Waals surface area (Å²) in [5.74, 6) is -1.18. The van der Waals surface area contributed by atoms with E-state index in [1.54, 1.807) is 11.5 Å². The fourth-order valence-corrected chi connectivity index (χ4v) is 6.86. The van der Waals surface area contributed by atoms with E-state index in [0.717, 1.165) is 53.4 Å². The number of benzene rings is 2. The van der Waals surface area contributed by atoms with Gasteiger partial charge >= 0.3 is 5.97 Å². The van der Waals surface area contributed by atoms with Crippen LogP contribution in [0.3, 0.4) is 0 Å². The lowest BCUT2D eigenvalue weighted by Crippen LogP contribution is -2.24. The number of carbonyl (C=O) groups excluding carboxylic acids is 3. The van der Waals surface area contributed by atoms with Gasteiger partial charge in [-0.2, -0.15) is 0 Å². The molecule has 0 radical (unpaired) electrons. The van der Waals surface area contributed by atoms with Gasteiger partial charge in [0.15, 0.2) is 11.0 Å². The van der Waals surface area contributed by atoms with Gasteiger partial charge in [-0.1, -0.05) is 30.0 Å². The number of thiophene rings is 1. The molecule has 218 valence electrons. The molecular formula is C30H30FN5O4S2. The van der Waals surface area contributed by atoms with Gasteiger partial charge in [0.05, 0.1) is 24.5 Å². The molecule has 0 atom stereocenters. The molecule has 1 aliphatic carbocycles. The van der Waals surface area contributed by atoms with E-state index in [9.17, 15) is 18.8 Å². The highest BCUT2D eigenvalue weighted by atomic mass is 32.2. The van der Waals surface area contributed by atoms with E-state index in [0.29, 0.717) is 21.5 Å². The number of hydrogen-bond donors (Lipinski definition) is 2. The number of rotatable bonds is 10. The van der Waals surface area contributed by atoms with Crippen LogP contribution in [0, 0.1) is 12.7 Å². The summed E-state index contributed by atoms with van der Waals surface area (Å²) in [6, 6.07) is 13.1. The first-order valence-corrected chi connectivity index (χ1v) is 15.4. The third-order valence-corrected chi connectivity index (χ3v) is 8.83. The van der Waals surface area contributed by atoms with E-state index in [2.05, 4.69) is 20.8 Å². The third-order valence-electron chi connectivity index (χ3n) is 6.69. The summed E-state index contributed by atoms with van der Waals surface area (Å²) in [5.41, 5.74) is 3.43. The molecule has 2 aromatic heterocycles. The van der Waals surface area contributed by atoms with Crippen molar-refractivity contribution in [2.75, 3.05) is 17.7 Å². The van der Waals surface area contributed by atoms with Crippen molar-refractivity contribution in [1.82, 2.24) is 20.1 Å². The molecule has 0 bridgehead atoms. The number of hydrogen-bond acceptors (Lipinski definition) is 8. The van der Waals surface area contributed by atoms with E-state index in [1.165, 1.54) is 41.3 Å². The van der Waals surface area contributed by atoms with Gasteiger partial charge in [0.25, 0.3) is 5.91 Å². The van der Waals surface area contributed by atoms with E-state index in [4.69, 9.17) is 4.74 Å². The number of esters is 1. The van der Waals surface area contributed by atoms with Crippen LogP contribution in [0.4, 0.5) is 9.39 Å². The number of thioether (sulfide) groups is 1. The summed E-state index contributed by atoms with van der Waals surface area (Å²) in [7, 11) is 0. The molecule has 0 saturated heterocycles. The number of ether oxygens (including phenoxy) is 1. The van der Waals surface area contributed by atoms with Crippen LogP contribution in [0.15, 0.2) is 53.7 Å². The number of anilines is 1. The summed E-state index contributed by atoms with van der Waals surface area (Å²) in [4.78, 5) is 39.6. The molecule has 0 aliphatic heterocycles. The Kier molecular flexibility index (Phi) is 9.33. The normalized spacial score (nSPS) is 12.5. The predicted octanol–water partition coefficient (Wildman–Crippen LogP) is 5.49. The molecule has 2 N–H and O–H groups in total. The van der Waals surface area contributed by atoms with Crippen molar-refractivity contribution in [3.63, 3.8) is 0 Å². The van der Waals surface area contributed by atoms with Crippen molar-refractivity contribution in [1.29, 1.82) is 0 Å². The molecule has 2 heterocycles. The summed E-state index contributed by atoms with van der Waals surface area (Å²) in [5, 5.41) is 15.3. The lowest BCUT2D eigenvalue weighted by molar-refractivity contribution is -0.113. The van der Waals surface area contributed by atoms with Crippen molar-refractivity contribution >= 4 is 45.9 Å². The summed E-state index contributed by atoms with van der Waals surface area (Å²) in [6.45, 7) is 4.01. The fraction of sp³-hybridized carbons (Fsp3) is 0.300. The molecular weight excluding hydrogens is 577 g/mol. The minimum atomic E-state index is -0.500. The average Bonchev–Trinajstić information content (AvgIpc) is 3.55. The first-order valence-electron chi connectivity index (χ1n) is 13.6. The monoisotopic (exact) mass is 607 g/mol. The first kappa shape index (κ1) is 29.5. The molecule has 0 spiro atoms. The second-order valence-corrected chi connectivity index (χ2v) is 11.8. The Morgan fingerprint density at radius 3 is 2.69 bits per heavy atom. The zero-order valence-corrected chi connectivity index (χ0v) is 24.9. The molecule has 9 nitrogen and oxygen atoms in total. The SMILES string of the molecule is CCOC(=O)c1c(NC(=O)CSc2nnc(CNC(=O)c3cccc(F)c3)n2-c2cccc(C)c2)sc2c1CCCC2. The van der Waals surface area contributed by atoms with Crippen molar-refractivity contribution in [2.45, 2.75) is 51.2 Å². The molecule has 2 amide bonds. The molecule has 0 unspecified atom stereocenters. The Morgan fingerprint density at radius 1 is 1.10 bits per heavy atom. The third kappa shape index (κ3) is 6.71. The minimum absolute atomic E-state index is 0.0183. The summed E-state index contributed by atoms with van der Waals surface area (Å²) < 4.78 is 20.7. The van der Waals surface area contributed by atoms with Crippen molar-refractivity contribution in [3.8, 4) is 5.69 Å². The standard InChI is InChI=1S/C30H30FN5O4S2/c1-3-40-29(39)26-22-12-4-5-13-23(22)42-28(26)33-25(37)17-41-30-35-34-24(36(30)21-11-6-8-18(2)14-21)16-32-27(38)19-9-7-10-20(31)15-19/h6-11,14-15H,3-5,12-13,16-17H2,1-2H3,(H,32,38)(H,33,37). The zero-order chi connectivity index (χ0) is 29.6. The number of nitrogens with zero attached hydrogens (tertiary/aromatic N) is 3. The topological polar surface area (TPSA) is 115 Å². The van der Waals surface area contributed by atoms with Gasteiger partial charge in [-0.15, -0.1) is 21.5 Å². The van der Waals surface area contributed by atoms with Crippen LogP contribution in [0.5, 0.6) is 0 Å². The van der Waals surface area contributed by atoms with Gasteiger partial charge in [0.2, 0.25) is 5.91 Å². The number of halogens is 1. The van der Waals surface area contributed by atoms with E-state index in [1.807, 2.05) is 31.2 Å². The molecule has 12 heteroatoms. The second kappa shape index (κ2) is 13.3. The van der Waals surface area contributed by atoms with E-state index >= 15 is 0 Å². The molecule has 0 saturated carbocycles. The Morgan fingerprint density at radius 2 is 1.90 bits per heavy atom. The maximum Gasteiger partial charge on any atom is 0.341 e. The van der Waals surface area contributed by atoms with Gasteiger partial charge in [0, 0.05) is 16.1 Å². The largest absolute Gasteiger partial charge is 0.462 e. The maximum atomic E-state index is 13.6. The molecule has 1 aliphatic rings. The Hall–Kier alpha value is -4.03. The lowest BCUT2D eigenvalue weighted by atomic mass is 9.95. The van der Waals surface area contributed by atoms with Crippen LogP contribution >= 0.6 is 23.1 Å². The predicted molar refractivity (Wildman–Crippen MR) is 160 cm³/mol. The van der Waals surface area contributed by atoms with Crippen molar-refractivity contribution in [3.05, 3.63) is 87.3 Å². The van der Waals surface area contributed by atoms with Crippen LogP contribution in [0.25, 0.3) is 5.69 Å². The summed E-state index contributed by atoms with van der Waals surface area (Å²) >= 11 is 2.63. The number of fused-ring (bicyclic) bond motifs is 1. The number of aryl methyl sites for hydroxylation is 2. The van der Waals surface area contributed by atoms with Crippen LogP contribution < -0.4 is 10.6 Å². The number of amides is 2. The number of carbonyl (C=O) groups is 3. The summed E-state index contributed by atoms with van der Waals surface area (Å²) in [6.07, 6.45) is 3.73. The minimum Gasteiger partial charge on any atom is -0.462 e. The number of aromatic nitrogens is 3. The van der Waals surface area contributed by atoms with Gasteiger partial charge in [-0.05, 0) is 81.0 Å². The molecule has 2 aromatic carbocycles. The van der Waals surface area contributed by atoms with Crippen LogP contribution in [-0.2, 0) is 28.9 Å². The Labute approximate surface area is 250 Å². The Balaban J connectivity index is 1.33. The molecule has 5 rings (SSSR count). The zero-order valence-electron chi connectivity index (χ0n) is 23.2. The highest BCUT2D eigenvalue weighted by Gasteiger charge is 2.27. The van der Waals surface area contributed by atoms with Crippen molar-refractivity contribution < 1.29 is 23.5 Å². The van der Waals surface area contributed by atoms with Gasteiger partial charge < -0.3 is 15.4 Å². The van der Waals surface area contributed by atoms with Crippen molar-refractivity contribution in [2.24, 2.45) is 0 Å². The molecule has 42 heavy (non-hydrogen) atoms. The highest BCUT2D eigenvalue weighted by Crippen LogP contribution is 2.38. The maximum absolute atomic E-state index is 13.6. The molecule has 4 aromatic rings. The van der Waals surface area contributed by atoms with E-state index < -0.39 is 17.7 Å². The quantitative estimate of drug-likeness (QED) is 0.181. The van der Waals surface area contributed by atoms with Crippen LogP contribution in [-0.4, -0.2) is 44.9 Å². The van der Waals surface area contributed by atoms with Gasteiger partial charge in [0.1, 0.15) is 10.8 Å². The van der Waals surface area contributed by atoms with E-state index in [-0.39, 0.29) is 30.4 Å². The highest BCUT2D eigenvalue weighted by molar-refractivity contribution is 7.99. The van der Waals surface area contributed by atoms with Gasteiger partial charge in [-0.25, -0.2) is 9.18 Å². The van der Waals surface area contributed by atoms with Gasteiger partial charge in [-0.3, -0.25) is 14.2 Å². The van der Waals surface area contributed by atoms with Crippen LogP contribution in [0.2, 0.25) is 0 Å². The number of nitrogens with one attached hydrogen (secondary N) is 2. The second-order valence-electron chi connectivity index (χ2n) is 9.74. The van der Waals surface area contributed by atoms with Crippen LogP contribution in [0.1, 0.15) is 62.3 Å². The Bertz CT molecular complexity index is 1630. The lowest BCUT2D eigenvalue weighted by Gasteiger charge is -2.12. The smallest absolute Gasteiger partial charge is 0.341 e. The average molecular weight is 608 g/mol.